The number of hydrogen-bond donors (Lipinski definition) is 0. The highest BCUT2D eigenvalue weighted by Crippen LogP contribution is 2.39. The molecule has 9 nitrogen and oxygen atoms in total. The van der Waals surface area contributed by atoms with Gasteiger partial charge in [-0.1, -0.05) is 55.2 Å². The van der Waals surface area contributed by atoms with E-state index in [0.717, 1.165) is 64.2 Å². The number of pyridine rings is 1. The van der Waals surface area contributed by atoms with E-state index in [0.29, 0.717) is 35.5 Å². The Labute approximate surface area is 245 Å². The number of sulfonamides is 1. The van der Waals surface area contributed by atoms with Gasteiger partial charge in [0.1, 0.15) is 28.1 Å². The molecule has 41 heavy (non-hydrogen) atoms. The molecule has 2 fully saturated rings. The largest absolute Gasteiger partial charge is 0.370 e. The zero-order chi connectivity index (χ0) is 29.1. The van der Waals surface area contributed by atoms with E-state index >= 15 is 0 Å². The summed E-state index contributed by atoms with van der Waals surface area (Å²) in [7, 11) is -1.18. The molecule has 0 N–H and O–H groups in total. The summed E-state index contributed by atoms with van der Waals surface area (Å²) in [6, 6.07) is 12.4. The zero-order valence-corrected chi connectivity index (χ0v) is 25.3. The number of aromatic nitrogens is 3. The summed E-state index contributed by atoms with van der Waals surface area (Å²) in [6.45, 7) is 10.8. The van der Waals surface area contributed by atoms with Crippen LogP contribution in [-0.2, 0) is 16.4 Å². The lowest BCUT2D eigenvalue weighted by atomic mass is 10.0. The number of hydrogen-bond acceptors (Lipinski definition) is 8. The monoisotopic (exact) mass is 587 g/mol. The Morgan fingerprint density at radius 1 is 1.17 bits per heavy atom. The normalized spacial score (nSPS) is 19.0. The van der Waals surface area contributed by atoms with Gasteiger partial charge in [-0.3, -0.25) is 4.40 Å². The number of benzene rings is 1. The molecule has 5 heterocycles. The summed E-state index contributed by atoms with van der Waals surface area (Å²) in [5.41, 5.74) is 6.61. The molecule has 0 aliphatic carbocycles. The van der Waals surface area contributed by atoms with Gasteiger partial charge in [0, 0.05) is 45.0 Å². The Hall–Kier alpha value is -3.72. The molecule has 0 amide bonds. The van der Waals surface area contributed by atoms with Crippen LogP contribution in [0.5, 0.6) is 0 Å². The summed E-state index contributed by atoms with van der Waals surface area (Å²) in [5, 5.41) is 10.7. The Bertz CT molecular complexity index is 1790. The van der Waals surface area contributed by atoms with Crippen molar-refractivity contribution in [3.05, 3.63) is 64.8 Å². The minimum Gasteiger partial charge on any atom is -0.370 e. The first-order chi connectivity index (χ1) is 19.6. The van der Waals surface area contributed by atoms with Gasteiger partial charge in [0.15, 0.2) is 5.13 Å². The van der Waals surface area contributed by atoms with Crippen LogP contribution in [0, 0.1) is 30.1 Å². The molecule has 0 saturated carbocycles. The van der Waals surface area contributed by atoms with Crippen LogP contribution in [0.15, 0.2) is 43.1 Å². The third-order valence-corrected chi connectivity index (χ3v) is 10.6. The molecule has 3 aromatic heterocycles. The summed E-state index contributed by atoms with van der Waals surface area (Å²) < 4.78 is 27.9. The summed E-state index contributed by atoms with van der Waals surface area (Å²) in [4.78, 5) is 14.9. The molecule has 2 saturated heterocycles. The highest BCUT2D eigenvalue weighted by molar-refractivity contribution is 7.88. The Kier molecular flexibility index (Phi) is 6.88. The zero-order valence-electron chi connectivity index (χ0n) is 23.7. The van der Waals surface area contributed by atoms with Crippen LogP contribution in [0.4, 0.5) is 16.6 Å². The van der Waals surface area contributed by atoms with E-state index in [1.54, 1.807) is 10.4 Å². The van der Waals surface area contributed by atoms with Crippen LogP contribution >= 0.6 is 11.3 Å². The van der Waals surface area contributed by atoms with Gasteiger partial charge in [0.2, 0.25) is 10.0 Å². The second kappa shape index (κ2) is 10.3. The van der Waals surface area contributed by atoms with Crippen LogP contribution in [0.1, 0.15) is 28.6 Å². The number of rotatable bonds is 7. The van der Waals surface area contributed by atoms with Gasteiger partial charge in [0.25, 0.3) is 0 Å². The number of aryl methyl sites for hydroxylation is 2. The van der Waals surface area contributed by atoms with E-state index in [1.807, 2.05) is 36.2 Å². The van der Waals surface area contributed by atoms with E-state index in [1.165, 1.54) is 17.6 Å². The standard InChI is InChI=1S/C30H33N7O2S2/c1-6-20-8-10-21(11-9-20)27-26(13-31)40-30(33-27)34(4)29-25(7-2)32-28-19(3)12-24(18-37(28)29)35-14-22-16-36(41(5,38)39)17-23(22)15-35/h6,8-12,18,22-23H,1,7,14-17H2,2-5H3. The van der Waals surface area contributed by atoms with Gasteiger partial charge in [-0.2, -0.15) is 5.26 Å². The molecule has 4 aromatic rings. The Morgan fingerprint density at radius 2 is 1.85 bits per heavy atom. The second-order valence-electron chi connectivity index (χ2n) is 11.0. The molecular formula is C30H33N7O2S2. The van der Waals surface area contributed by atoms with Gasteiger partial charge in [-0.25, -0.2) is 22.7 Å². The van der Waals surface area contributed by atoms with Crippen molar-refractivity contribution in [3.63, 3.8) is 0 Å². The fourth-order valence-corrected chi connectivity index (χ4v) is 7.89. The molecule has 0 radical (unpaired) electrons. The fraction of sp³-hybridized carbons (Fsp3) is 0.367. The van der Waals surface area contributed by atoms with Gasteiger partial charge < -0.3 is 9.80 Å². The van der Waals surface area contributed by atoms with Crippen LogP contribution in [0.25, 0.3) is 23.0 Å². The van der Waals surface area contributed by atoms with Crippen molar-refractivity contribution in [1.29, 1.82) is 5.26 Å². The minimum absolute atomic E-state index is 0.329. The smallest absolute Gasteiger partial charge is 0.211 e. The van der Waals surface area contributed by atoms with Gasteiger partial charge >= 0.3 is 0 Å². The lowest BCUT2D eigenvalue weighted by Crippen LogP contribution is -2.32. The first-order valence-corrected chi connectivity index (χ1v) is 16.4. The number of nitrogens with zero attached hydrogens (tertiary/aromatic N) is 7. The fourth-order valence-electron chi connectivity index (χ4n) is 6.12. The maximum Gasteiger partial charge on any atom is 0.211 e. The van der Waals surface area contributed by atoms with Crippen molar-refractivity contribution in [2.24, 2.45) is 11.8 Å². The van der Waals surface area contributed by atoms with E-state index in [4.69, 9.17) is 9.97 Å². The molecule has 0 bridgehead atoms. The predicted octanol–water partition coefficient (Wildman–Crippen LogP) is 4.94. The van der Waals surface area contributed by atoms with Crippen molar-refractivity contribution in [2.45, 2.75) is 20.3 Å². The molecule has 0 spiro atoms. The average molecular weight is 588 g/mol. The molecule has 2 aliphatic heterocycles. The highest BCUT2D eigenvalue weighted by atomic mass is 32.2. The number of anilines is 3. The van der Waals surface area contributed by atoms with Crippen molar-refractivity contribution in [2.75, 3.05) is 49.3 Å². The van der Waals surface area contributed by atoms with Crippen LogP contribution < -0.4 is 9.80 Å². The number of imidazole rings is 1. The van der Waals surface area contributed by atoms with Crippen molar-refractivity contribution in [3.8, 4) is 17.3 Å². The third-order valence-electron chi connectivity index (χ3n) is 8.30. The van der Waals surface area contributed by atoms with E-state index in [2.05, 4.69) is 48.1 Å². The van der Waals surface area contributed by atoms with E-state index < -0.39 is 10.0 Å². The van der Waals surface area contributed by atoms with Crippen LogP contribution in [0.2, 0.25) is 0 Å². The molecule has 212 valence electrons. The lowest BCUT2D eigenvalue weighted by Gasteiger charge is -2.24. The lowest BCUT2D eigenvalue weighted by molar-refractivity contribution is 0.458. The van der Waals surface area contributed by atoms with E-state index in [-0.39, 0.29) is 0 Å². The predicted molar refractivity (Wildman–Crippen MR) is 165 cm³/mol. The van der Waals surface area contributed by atoms with Gasteiger partial charge in [-0.15, -0.1) is 0 Å². The Balaban J connectivity index is 1.36. The summed E-state index contributed by atoms with van der Waals surface area (Å²) in [6.07, 6.45) is 5.98. The highest BCUT2D eigenvalue weighted by Gasteiger charge is 2.43. The molecule has 2 atom stereocenters. The molecule has 6 rings (SSSR count). The second-order valence-corrected chi connectivity index (χ2v) is 13.9. The summed E-state index contributed by atoms with van der Waals surface area (Å²) in [5.74, 6) is 1.59. The number of fused-ring (bicyclic) bond motifs is 2. The van der Waals surface area contributed by atoms with Gasteiger partial charge in [-0.05, 0) is 42.4 Å². The third kappa shape index (κ3) is 4.80. The topological polar surface area (TPSA) is 97.8 Å². The molecule has 1 aromatic carbocycles. The van der Waals surface area contributed by atoms with Gasteiger partial charge in [0.05, 0.1) is 17.6 Å². The molecule has 2 unspecified atom stereocenters. The quantitative estimate of drug-likeness (QED) is 0.302. The molecule has 11 heteroatoms. The molecule has 2 aliphatic rings. The number of thiazole rings is 1. The SMILES string of the molecule is C=Cc1ccc(-c2nc(N(C)c3c(CC)nc4c(C)cc(N5CC6CN(S(C)(=O)=O)CC6C5)cn34)sc2C#N)cc1. The first kappa shape index (κ1) is 27.4. The van der Waals surface area contributed by atoms with Crippen molar-refractivity contribution in [1.82, 2.24) is 18.7 Å². The van der Waals surface area contributed by atoms with E-state index in [9.17, 15) is 13.7 Å². The van der Waals surface area contributed by atoms with Crippen molar-refractivity contribution < 1.29 is 8.42 Å². The number of nitriles is 1. The maximum absolute atomic E-state index is 12.1. The minimum atomic E-state index is -3.16. The van der Waals surface area contributed by atoms with Crippen molar-refractivity contribution >= 4 is 49.7 Å². The van der Waals surface area contributed by atoms with Crippen LogP contribution in [-0.4, -0.2) is 66.6 Å². The average Bonchev–Trinajstić information content (AvgIpc) is 3.72. The summed E-state index contributed by atoms with van der Waals surface area (Å²) >= 11 is 1.37. The Morgan fingerprint density at radius 3 is 2.44 bits per heavy atom. The first-order valence-electron chi connectivity index (χ1n) is 13.7. The maximum atomic E-state index is 12.1. The van der Waals surface area contributed by atoms with Crippen LogP contribution in [0.3, 0.4) is 0 Å². The molecular weight excluding hydrogens is 555 g/mol.